The van der Waals surface area contributed by atoms with Gasteiger partial charge in [0, 0.05) is 172 Å². The molecule has 15 rings (SSSR count). The first-order chi connectivity index (χ1) is 59.0. The lowest BCUT2D eigenvalue weighted by molar-refractivity contribution is 0.0701. The number of aliphatic hydroxyl groups is 2. The molecule has 0 atom stereocenters. The van der Waals surface area contributed by atoms with Crippen LogP contribution in [-0.4, -0.2) is 241 Å². The Hall–Kier alpha value is -14.7. The third-order valence-electron chi connectivity index (χ3n) is 20.3. The van der Waals surface area contributed by atoms with E-state index in [4.69, 9.17) is 20.6 Å². The standard InChI is InChI=1S/C25H27N5O3.C23H23N5O3.C22H22N6O3.C17H20N6O3/c31-17-23(32)21-15-26-24(27-16-21)30-12-10-18(11-13-30)14-28-25(33)29-22-8-6-20(7-9-22)19-4-2-1-3-5-19;29-16-21(30)19-14-24-22(25-15-19)27-10-12-28(13-11-27)23(31)26-20-8-6-18(7-9-20)17-4-2-1-3-5-17;29-20(25-31)17-15-23-21(24-16-17)26-11-13-27(14-12-26)22(30)28(18-7-3-1-4-8-18)19-9-5-2-6-10-19;1-21(14-5-3-2-4-6-14)17(25)23-9-7-22(8-10-23)16-18-11-13(12-19-16)15(24)20-26/h1-9,15-16,18,31H,10-14,17H2,(H2,28,29,33);1-9,14-15,29H,10-13,16H2,(H,26,31);1-10,15-16,31H,11-14H2,(H,25,29);2-6,11-12,26H,7-10H2,1H3,(H,20,24). The van der Waals surface area contributed by atoms with Crippen LogP contribution in [0.3, 0.4) is 0 Å². The van der Waals surface area contributed by atoms with E-state index in [0.29, 0.717) is 120 Å². The van der Waals surface area contributed by atoms with Gasteiger partial charge in [-0.1, -0.05) is 140 Å². The van der Waals surface area contributed by atoms with Gasteiger partial charge in [0.15, 0.2) is 11.6 Å². The van der Waals surface area contributed by atoms with Crippen LogP contribution in [0.4, 0.5) is 71.4 Å². The van der Waals surface area contributed by atoms with Crippen molar-refractivity contribution >= 4 is 99.7 Å². The minimum Gasteiger partial charge on any atom is -0.388 e. The molecule has 4 aliphatic rings. The number of carbonyl (C=O) groups is 8. The number of anilines is 9. The first-order valence-electron chi connectivity index (χ1n) is 39.2. The van der Waals surface area contributed by atoms with Gasteiger partial charge in [0.05, 0.1) is 33.6 Å². The summed E-state index contributed by atoms with van der Waals surface area (Å²) in [5.41, 5.74) is 12.5. The fraction of sp³-hybridized carbons (Fsp3) is 0.241. The summed E-state index contributed by atoms with van der Waals surface area (Å²) < 4.78 is 0. The summed E-state index contributed by atoms with van der Waals surface area (Å²) in [5.74, 6) is 0.301. The highest BCUT2D eigenvalue weighted by molar-refractivity contribution is 6.00. The number of piperazine rings is 3. The molecule has 11 aromatic rings. The molecule has 0 saturated carbocycles. The molecule has 0 aliphatic carbocycles. The number of nitrogens with zero attached hydrogens (tertiary/aromatic N) is 17. The van der Waals surface area contributed by atoms with Gasteiger partial charge >= 0.3 is 24.1 Å². The smallest absolute Gasteiger partial charge is 0.329 e. The van der Waals surface area contributed by atoms with Crippen LogP contribution in [0.2, 0.25) is 0 Å². The van der Waals surface area contributed by atoms with Crippen molar-refractivity contribution < 1.29 is 59.0 Å². The minimum atomic E-state index is -0.663. The van der Waals surface area contributed by atoms with E-state index in [1.807, 2.05) is 196 Å². The molecule has 8 heterocycles. The molecule has 0 radical (unpaired) electrons. The molecule has 4 aliphatic heterocycles. The van der Waals surface area contributed by atoms with Gasteiger partial charge in [-0.05, 0) is 102 Å². The number of amides is 10. The fourth-order valence-corrected chi connectivity index (χ4v) is 13.4. The number of hydroxylamine groups is 2. The van der Waals surface area contributed by atoms with E-state index in [-0.39, 0.29) is 40.8 Å². The van der Waals surface area contributed by atoms with Gasteiger partial charge < -0.3 is 60.5 Å². The zero-order chi connectivity index (χ0) is 84.8. The molecule has 622 valence electrons. The molecule has 4 aromatic heterocycles. The Bertz CT molecular complexity index is 5140. The van der Waals surface area contributed by atoms with Crippen LogP contribution in [0.5, 0.6) is 0 Å². The Balaban J connectivity index is 0.000000148. The summed E-state index contributed by atoms with van der Waals surface area (Å²) in [7, 11) is 1.76. The summed E-state index contributed by atoms with van der Waals surface area (Å²) in [6.07, 6.45) is 13.0. The van der Waals surface area contributed by atoms with Gasteiger partial charge in [-0.2, -0.15) is 0 Å². The number of para-hydroxylation sites is 3. The summed E-state index contributed by atoms with van der Waals surface area (Å²) in [4.78, 5) is 147. The van der Waals surface area contributed by atoms with Crippen molar-refractivity contribution in [2.45, 2.75) is 12.8 Å². The molecule has 7 aromatic carbocycles. The van der Waals surface area contributed by atoms with Gasteiger partial charge in [-0.15, -0.1) is 0 Å². The highest BCUT2D eigenvalue weighted by Gasteiger charge is 2.31. The number of piperidine rings is 1. The number of carbonyl (C=O) groups excluding carboxylic acids is 8. The number of ketones is 2. The largest absolute Gasteiger partial charge is 0.388 e. The predicted octanol–water partition coefficient (Wildman–Crippen LogP) is 9.68. The Morgan fingerprint density at radius 1 is 0.355 bits per heavy atom. The SMILES string of the molecule is CN(C(=O)N1CCN(c2ncc(C(=O)NO)cn2)CC1)c1ccccc1.O=C(CO)c1cnc(N2CCN(C(=O)Nc3ccc(-c4ccccc4)cc3)CC2)nc1.O=C(NCC1CCN(c2ncc(C(=O)CO)cn2)CC1)Nc1ccc(-c2ccccc2)cc1.O=C(NO)c1cnc(N2CCN(C(=O)N(c3ccccc3)c3ccccc3)CC2)nc1. The van der Waals surface area contributed by atoms with Crippen molar-refractivity contribution in [3.8, 4) is 22.3 Å². The van der Waals surface area contributed by atoms with Crippen molar-refractivity contribution in [2.75, 3.05) is 158 Å². The number of benzene rings is 7. The van der Waals surface area contributed by atoms with Crippen LogP contribution in [0.1, 0.15) is 54.3 Å². The zero-order valence-electron chi connectivity index (χ0n) is 66.3. The fourth-order valence-electron chi connectivity index (χ4n) is 13.4. The van der Waals surface area contributed by atoms with Crippen LogP contribution >= 0.6 is 0 Å². The molecule has 4 saturated heterocycles. The molecule has 4 fully saturated rings. The van der Waals surface area contributed by atoms with Gasteiger partial charge in [-0.25, -0.2) is 70.0 Å². The molecular weight excluding hydrogens is 1550 g/mol. The number of hydrogen-bond acceptors (Lipinski definition) is 24. The second kappa shape index (κ2) is 42.9. The van der Waals surface area contributed by atoms with Gasteiger partial charge in [0.1, 0.15) is 13.2 Å². The third-order valence-corrected chi connectivity index (χ3v) is 20.3. The van der Waals surface area contributed by atoms with E-state index in [2.05, 4.69) is 85.0 Å². The van der Waals surface area contributed by atoms with Crippen LogP contribution in [0, 0.1) is 5.92 Å². The summed E-state index contributed by atoms with van der Waals surface area (Å²) in [6.45, 7) is 7.76. The molecule has 34 heteroatoms. The molecule has 0 unspecified atom stereocenters. The lowest BCUT2D eigenvalue weighted by atomic mass is 9.97. The molecule has 0 bridgehead atoms. The molecule has 10 amide bonds. The Morgan fingerprint density at radius 3 is 1.02 bits per heavy atom. The Labute approximate surface area is 697 Å². The zero-order valence-corrected chi connectivity index (χ0v) is 66.3. The van der Waals surface area contributed by atoms with Crippen molar-refractivity contribution in [1.29, 1.82) is 0 Å². The molecule has 121 heavy (non-hydrogen) atoms. The van der Waals surface area contributed by atoms with E-state index < -0.39 is 36.6 Å². The number of rotatable bonds is 19. The topological polar surface area (TPSA) is 410 Å². The Morgan fingerprint density at radius 2 is 0.661 bits per heavy atom. The van der Waals surface area contributed by atoms with Gasteiger partial charge in [0.25, 0.3) is 11.8 Å². The number of nitrogens with one attached hydrogen (secondary N) is 5. The highest BCUT2D eigenvalue weighted by atomic mass is 16.5. The van der Waals surface area contributed by atoms with Crippen molar-refractivity contribution in [1.82, 2.24) is 70.8 Å². The van der Waals surface area contributed by atoms with Crippen molar-refractivity contribution in [3.05, 3.63) is 272 Å². The third kappa shape index (κ3) is 23.6. The van der Waals surface area contributed by atoms with E-state index in [9.17, 15) is 38.4 Å². The monoisotopic (exact) mass is 1640 g/mol. The van der Waals surface area contributed by atoms with Gasteiger partial charge in [-0.3, -0.25) is 39.4 Å². The lowest BCUT2D eigenvalue weighted by Crippen LogP contribution is -2.52. The van der Waals surface area contributed by atoms with E-state index >= 15 is 0 Å². The second-order valence-electron chi connectivity index (χ2n) is 28.1. The summed E-state index contributed by atoms with van der Waals surface area (Å²) in [5, 5.41) is 43.9. The maximum Gasteiger partial charge on any atom is 0.329 e. The van der Waals surface area contributed by atoms with Crippen molar-refractivity contribution in [3.63, 3.8) is 0 Å². The Kier molecular flexibility index (Phi) is 30.4. The number of Topliss-reactive ketones (excluding diaryl/α,β-unsaturated/α-hetero) is 2. The normalized spacial score (nSPS) is 13.8. The van der Waals surface area contributed by atoms with Crippen molar-refractivity contribution in [2.24, 2.45) is 5.92 Å². The number of hydrogen-bond donors (Lipinski definition) is 9. The minimum absolute atomic E-state index is 0.0493. The highest BCUT2D eigenvalue weighted by Crippen LogP contribution is 2.30. The molecule has 0 spiro atoms. The molecule has 34 nitrogen and oxygen atoms in total. The number of aromatic nitrogens is 8. The van der Waals surface area contributed by atoms with E-state index in [0.717, 1.165) is 76.6 Å². The predicted molar refractivity (Wildman–Crippen MR) is 456 cm³/mol. The first-order valence-corrected chi connectivity index (χ1v) is 39.2. The maximum atomic E-state index is 13.4. The van der Waals surface area contributed by atoms with E-state index in [1.54, 1.807) is 37.6 Å². The number of urea groups is 4. The van der Waals surface area contributed by atoms with Crippen LogP contribution < -0.4 is 56.3 Å². The molecule has 9 N–H and O–H groups in total. The average molecular weight is 1640 g/mol. The quantitative estimate of drug-likeness (QED) is 0.0206. The lowest BCUT2D eigenvalue weighted by Gasteiger charge is -2.37. The van der Waals surface area contributed by atoms with Crippen LogP contribution in [0.25, 0.3) is 22.3 Å². The van der Waals surface area contributed by atoms with Crippen LogP contribution in [-0.2, 0) is 0 Å². The first kappa shape index (κ1) is 85.6. The summed E-state index contributed by atoms with van der Waals surface area (Å²) >= 11 is 0. The summed E-state index contributed by atoms with van der Waals surface area (Å²) in [6, 6.07) is 63.9. The van der Waals surface area contributed by atoms with Gasteiger partial charge in [0.2, 0.25) is 23.8 Å². The second-order valence-corrected chi connectivity index (χ2v) is 28.1. The maximum absolute atomic E-state index is 13.4. The van der Waals surface area contributed by atoms with E-state index in [1.165, 1.54) is 49.6 Å². The average Bonchev–Trinajstić information content (AvgIpc) is 0.826. The molecular formula is C87H92N22O12. The van der Waals surface area contributed by atoms with Crippen LogP contribution in [0.15, 0.2) is 250 Å². The number of aliphatic hydroxyl groups excluding tert-OH is 2.